The minimum atomic E-state index is -4.58. The topological polar surface area (TPSA) is 43.6 Å². The van der Waals surface area contributed by atoms with Gasteiger partial charge < -0.3 is 0 Å². The standard InChI is InChI=1S/C31H33F5N4/c1-28(2,3)18-13-23(21-10-9-20(32)17-22(21)33)37-25(14-18)30(7,8)26-15-19(29(4,5)6)16-27(38-26)40-12-11-24(39-40)31(34,35)36/h9-17H,1-8H3. The van der Waals surface area contributed by atoms with E-state index in [1.54, 1.807) is 12.1 Å². The smallest absolute Gasteiger partial charge is 0.252 e. The van der Waals surface area contributed by atoms with E-state index in [4.69, 9.17) is 9.97 Å². The summed E-state index contributed by atoms with van der Waals surface area (Å²) < 4.78 is 69.5. The molecule has 0 bridgehead atoms. The van der Waals surface area contributed by atoms with Gasteiger partial charge in [0.05, 0.1) is 17.1 Å². The number of nitrogens with zero attached hydrogens (tertiary/aromatic N) is 4. The van der Waals surface area contributed by atoms with Gasteiger partial charge in [0.25, 0.3) is 0 Å². The molecule has 9 heteroatoms. The molecule has 0 aliphatic heterocycles. The van der Waals surface area contributed by atoms with Crippen molar-refractivity contribution in [2.75, 3.05) is 0 Å². The van der Waals surface area contributed by atoms with E-state index in [1.165, 1.54) is 18.3 Å². The van der Waals surface area contributed by atoms with E-state index in [0.717, 1.165) is 27.9 Å². The Balaban J connectivity index is 1.94. The van der Waals surface area contributed by atoms with Crippen molar-refractivity contribution in [2.45, 2.75) is 77.8 Å². The first-order valence-electron chi connectivity index (χ1n) is 12.9. The molecule has 4 nitrogen and oxygen atoms in total. The molecule has 212 valence electrons. The molecule has 0 unspecified atom stereocenters. The highest BCUT2D eigenvalue weighted by Gasteiger charge is 2.35. The van der Waals surface area contributed by atoms with Crippen LogP contribution in [0.3, 0.4) is 0 Å². The van der Waals surface area contributed by atoms with E-state index < -0.39 is 28.9 Å². The van der Waals surface area contributed by atoms with E-state index >= 15 is 0 Å². The van der Waals surface area contributed by atoms with Crippen LogP contribution in [0.1, 0.15) is 83.6 Å². The predicted octanol–water partition coefficient (Wildman–Crippen LogP) is 8.55. The molecule has 0 fully saturated rings. The fraction of sp³-hybridized carbons (Fsp3) is 0.387. The molecule has 1 aromatic carbocycles. The number of halogens is 5. The predicted molar refractivity (Wildman–Crippen MR) is 145 cm³/mol. The molecular weight excluding hydrogens is 523 g/mol. The maximum atomic E-state index is 14.8. The van der Waals surface area contributed by atoms with Crippen LogP contribution in [0.5, 0.6) is 0 Å². The number of hydrogen-bond acceptors (Lipinski definition) is 3. The van der Waals surface area contributed by atoms with Crippen molar-refractivity contribution in [1.29, 1.82) is 0 Å². The summed E-state index contributed by atoms with van der Waals surface area (Å²) in [6.07, 6.45) is -3.35. The molecule has 4 rings (SSSR count). The maximum absolute atomic E-state index is 14.8. The molecule has 40 heavy (non-hydrogen) atoms. The van der Waals surface area contributed by atoms with Crippen molar-refractivity contribution in [2.24, 2.45) is 0 Å². The second-order valence-corrected chi connectivity index (χ2v) is 12.6. The van der Waals surface area contributed by atoms with Crippen LogP contribution in [0.4, 0.5) is 22.0 Å². The summed E-state index contributed by atoms with van der Waals surface area (Å²) in [6, 6.07) is 11.7. The first kappa shape index (κ1) is 29.4. The quantitative estimate of drug-likeness (QED) is 0.237. The van der Waals surface area contributed by atoms with Gasteiger partial charge in [-0.3, -0.25) is 4.98 Å². The zero-order chi connectivity index (χ0) is 29.8. The summed E-state index contributed by atoms with van der Waals surface area (Å²) in [7, 11) is 0. The highest BCUT2D eigenvalue weighted by atomic mass is 19.4. The van der Waals surface area contributed by atoms with Gasteiger partial charge in [0.2, 0.25) is 0 Å². The molecule has 0 radical (unpaired) electrons. The largest absolute Gasteiger partial charge is 0.435 e. The van der Waals surface area contributed by atoms with Crippen molar-refractivity contribution in [3.05, 3.63) is 94.6 Å². The summed E-state index contributed by atoms with van der Waals surface area (Å²) in [5.74, 6) is -1.17. The van der Waals surface area contributed by atoms with Crippen LogP contribution in [-0.2, 0) is 22.4 Å². The summed E-state index contributed by atoms with van der Waals surface area (Å²) >= 11 is 0. The Morgan fingerprint density at radius 1 is 0.650 bits per heavy atom. The lowest BCUT2D eigenvalue weighted by molar-refractivity contribution is -0.141. The van der Waals surface area contributed by atoms with Gasteiger partial charge in [-0.05, 0) is 78.3 Å². The van der Waals surface area contributed by atoms with Crippen molar-refractivity contribution in [1.82, 2.24) is 19.7 Å². The molecule has 0 atom stereocenters. The van der Waals surface area contributed by atoms with E-state index in [2.05, 4.69) is 5.10 Å². The monoisotopic (exact) mass is 556 g/mol. The Hall–Kier alpha value is -3.62. The molecule has 3 heterocycles. The number of rotatable bonds is 4. The molecule has 0 spiro atoms. The lowest BCUT2D eigenvalue weighted by Gasteiger charge is -2.30. The van der Waals surface area contributed by atoms with E-state index in [1.807, 2.05) is 67.5 Å². The Labute approximate surface area is 231 Å². The van der Waals surface area contributed by atoms with Gasteiger partial charge in [0.1, 0.15) is 11.6 Å². The van der Waals surface area contributed by atoms with Gasteiger partial charge in [0.15, 0.2) is 11.5 Å². The zero-order valence-corrected chi connectivity index (χ0v) is 23.9. The molecular formula is C31H33F5N4. The summed E-state index contributed by atoms with van der Waals surface area (Å²) in [6.45, 7) is 15.9. The van der Waals surface area contributed by atoms with Crippen LogP contribution >= 0.6 is 0 Å². The van der Waals surface area contributed by atoms with Gasteiger partial charge in [-0.25, -0.2) is 18.4 Å². The Bertz CT molecular complexity index is 1550. The van der Waals surface area contributed by atoms with Gasteiger partial charge in [-0.2, -0.15) is 18.3 Å². The highest BCUT2D eigenvalue weighted by Crippen LogP contribution is 2.37. The SMILES string of the molecule is CC(C)(C)c1cc(-c2ccc(F)cc2F)nc(C(C)(C)c2cc(C(C)(C)C)cc(-n3ccc(C(F)(F)F)n3)n2)c1. The van der Waals surface area contributed by atoms with E-state index in [-0.39, 0.29) is 22.2 Å². The number of benzene rings is 1. The van der Waals surface area contributed by atoms with Gasteiger partial charge in [0, 0.05) is 23.2 Å². The average molecular weight is 557 g/mol. The zero-order valence-electron chi connectivity index (χ0n) is 23.9. The van der Waals surface area contributed by atoms with Crippen LogP contribution in [0.25, 0.3) is 17.1 Å². The summed E-state index contributed by atoms with van der Waals surface area (Å²) in [4.78, 5) is 9.57. The molecule has 0 aliphatic carbocycles. The third-order valence-electron chi connectivity index (χ3n) is 6.97. The normalized spacial score (nSPS) is 13.1. The number of aromatic nitrogens is 4. The number of hydrogen-bond donors (Lipinski definition) is 0. The minimum Gasteiger partial charge on any atom is -0.252 e. The first-order chi connectivity index (χ1) is 18.3. The Morgan fingerprint density at radius 3 is 1.75 bits per heavy atom. The molecule has 0 aliphatic rings. The van der Waals surface area contributed by atoms with Crippen molar-refractivity contribution >= 4 is 0 Å². The van der Waals surface area contributed by atoms with E-state index in [0.29, 0.717) is 17.1 Å². The molecule has 0 N–H and O–H groups in total. The van der Waals surface area contributed by atoms with Gasteiger partial charge >= 0.3 is 6.18 Å². The van der Waals surface area contributed by atoms with Crippen molar-refractivity contribution < 1.29 is 22.0 Å². The third kappa shape index (κ3) is 5.93. The minimum absolute atomic E-state index is 0.165. The number of pyridine rings is 2. The maximum Gasteiger partial charge on any atom is 0.435 e. The van der Waals surface area contributed by atoms with Crippen molar-refractivity contribution in [3.63, 3.8) is 0 Å². The van der Waals surface area contributed by atoms with Crippen LogP contribution in [0.15, 0.2) is 54.7 Å². The second-order valence-electron chi connectivity index (χ2n) is 12.6. The van der Waals surface area contributed by atoms with Crippen LogP contribution in [-0.4, -0.2) is 19.7 Å². The highest BCUT2D eigenvalue weighted by molar-refractivity contribution is 5.62. The van der Waals surface area contributed by atoms with Gasteiger partial charge in [-0.15, -0.1) is 0 Å². The lowest BCUT2D eigenvalue weighted by Crippen LogP contribution is -2.26. The molecule has 0 saturated carbocycles. The Kier molecular flexibility index (Phi) is 7.18. The van der Waals surface area contributed by atoms with Crippen molar-refractivity contribution in [3.8, 4) is 17.1 Å². The lowest BCUT2D eigenvalue weighted by atomic mass is 9.78. The first-order valence-corrected chi connectivity index (χ1v) is 12.9. The average Bonchev–Trinajstić information content (AvgIpc) is 3.34. The fourth-order valence-electron chi connectivity index (χ4n) is 4.24. The van der Waals surface area contributed by atoms with E-state index in [9.17, 15) is 22.0 Å². The van der Waals surface area contributed by atoms with Crippen LogP contribution in [0.2, 0.25) is 0 Å². The molecule has 4 aromatic rings. The molecule has 3 aromatic heterocycles. The fourth-order valence-corrected chi connectivity index (χ4v) is 4.24. The molecule has 0 amide bonds. The van der Waals surface area contributed by atoms with Crippen LogP contribution < -0.4 is 0 Å². The Morgan fingerprint density at radius 2 is 1.23 bits per heavy atom. The summed E-state index contributed by atoms with van der Waals surface area (Å²) in [5.41, 5.74) is 0.839. The summed E-state index contributed by atoms with van der Waals surface area (Å²) in [5, 5.41) is 3.73. The molecule has 0 saturated heterocycles. The second kappa shape index (κ2) is 9.78. The van der Waals surface area contributed by atoms with Crippen LogP contribution in [0, 0.1) is 11.6 Å². The third-order valence-corrected chi connectivity index (χ3v) is 6.97. The van der Waals surface area contributed by atoms with Gasteiger partial charge in [-0.1, -0.05) is 41.5 Å². The number of alkyl halides is 3.